The molecule has 1 aromatic rings. The predicted octanol–water partition coefficient (Wildman–Crippen LogP) is -0.393. The van der Waals surface area contributed by atoms with E-state index in [2.05, 4.69) is 30.8 Å². The number of hydrogen-bond donors (Lipinski definition) is 3. The molecule has 2 atom stereocenters. The van der Waals surface area contributed by atoms with Gasteiger partial charge in [0.1, 0.15) is 24.2 Å². The Bertz CT molecular complexity index is 798. The molecule has 152 valence electrons. The lowest BCUT2D eigenvalue weighted by Crippen LogP contribution is -2.72. The molecule has 11 nitrogen and oxygen atoms in total. The van der Waals surface area contributed by atoms with Crippen molar-refractivity contribution < 1.29 is 28.8 Å². The van der Waals surface area contributed by atoms with Gasteiger partial charge in [-0.05, 0) is 6.42 Å². The highest BCUT2D eigenvalue weighted by Crippen LogP contribution is 2.17. The number of hydrogen-bond acceptors (Lipinski definition) is 9. The minimum Gasteiger partial charge on any atom is -0.467 e. The van der Waals surface area contributed by atoms with E-state index < -0.39 is 35.8 Å². The van der Waals surface area contributed by atoms with Crippen LogP contribution in [0, 0.1) is 0 Å². The standard InChI is InChI=1S/C15H18ClN5O6S/c1-3-4-27-21-9(7-6-28-15(17-7)18-8(22)5-16)12(23)19-10-11(14(25)26-2)20-13(10)24/h6,10-11H,3-5H2,1-2H3,(H,19,23)(H,20,24)(H,17,18,22)/t10-,11-/m0/s1. The third kappa shape index (κ3) is 5.16. The minimum atomic E-state index is -1.11. The second kappa shape index (κ2) is 9.99. The van der Waals surface area contributed by atoms with Gasteiger partial charge in [0, 0.05) is 5.38 Å². The summed E-state index contributed by atoms with van der Waals surface area (Å²) in [5, 5.41) is 12.7. The molecule has 2 rings (SSSR count). The monoisotopic (exact) mass is 431 g/mol. The molecular weight excluding hydrogens is 414 g/mol. The molecule has 1 aliphatic rings. The fraction of sp³-hybridized carbons (Fsp3) is 0.467. The van der Waals surface area contributed by atoms with E-state index >= 15 is 0 Å². The quantitative estimate of drug-likeness (QED) is 0.120. The van der Waals surface area contributed by atoms with Crippen LogP contribution in [0.2, 0.25) is 0 Å². The first-order chi connectivity index (χ1) is 13.4. The van der Waals surface area contributed by atoms with Crippen LogP contribution in [0.15, 0.2) is 10.5 Å². The number of amides is 3. The van der Waals surface area contributed by atoms with Gasteiger partial charge >= 0.3 is 5.97 Å². The summed E-state index contributed by atoms with van der Waals surface area (Å²) in [6.07, 6.45) is 0.655. The van der Waals surface area contributed by atoms with Crippen LogP contribution in [0.3, 0.4) is 0 Å². The molecular formula is C15H18ClN5O6S. The Labute approximate surface area is 168 Å². The minimum absolute atomic E-state index is 0.123. The molecule has 0 aromatic carbocycles. The third-order valence-electron chi connectivity index (χ3n) is 3.44. The first-order valence-corrected chi connectivity index (χ1v) is 9.53. The molecule has 0 unspecified atom stereocenters. The topological polar surface area (TPSA) is 148 Å². The lowest BCUT2D eigenvalue weighted by atomic mass is 9.99. The molecule has 13 heteroatoms. The van der Waals surface area contributed by atoms with E-state index in [4.69, 9.17) is 16.4 Å². The first kappa shape index (κ1) is 21.6. The van der Waals surface area contributed by atoms with E-state index in [0.717, 1.165) is 11.3 Å². The van der Waals surface area contributed by atoms with E-state index in [0.29, 0.717) is 6.42 Å². The van der Waals surface area contributed by atoms with Crippen LogP contribution in [0.5, 0.6) is 0 Å². The molecule has 3 amide bonds. The van der Waals surface area contributed by atoms with Gasteiger partial charge in [0.25, 0.3) is 5.91 Å². The van der Waals surface area contributed by atoms with Gasteiger partial charge in [-0.3, -0.25) is 14.4 Å². The Morgan fingerprint density at radius 1 is 1.43 bits per heavy atom. The van der Waals surface area contributed by atoms with E-state index in [9.17, 15) is 19.2 Å². The summed E-state index contributed by atoms with van der Waals surface area (Å²) in [5.74, 6) is -2.71. The van der Waals surface area contributed by atoms with E-state index in [-0.39, 0.29) is 29.0 Å². The zero-order valence-electron chi connectivity index (χ0n) is 15.0. The number of oxime groups is 1. The number of esters is 1. The number of β-lactam (4-membered cyclic amide) rings is 1. The molecule has 1 aromatic heterocycles. The largest absolute Gasteiger partial charge is 0.467 e. The number of nitrogens with one attached hydrogen (secondary N) is 3. The number of nitrogens with zero attached hydrogens (tertiary/aromatic N) is 2. The summed E-state index contributed by atoms with van der Waals surface area (Å²) in [4.78, 5) is 56.5. The Morgan fingerprint density at radius 3 is 2.79 bits per heavy atom. The molecule has 1 fully saturated rings. The molecule has 0 aliphatic carbocycles. The highest BCUT2D eigenvalue weighted by molar-refractivity contribution is 7.14. The molecule has 1 saturated heterocycles. The smallest absolute Gasteiger partial charge is 0.331 e. The van der Waals surface area contributed by atoms with Crippen molar-refractivity contribution in [3.8, 4) is 0 Å². The van der Waals surface area contributed by atoms with Gasteiger partial charge in [0.05, 0.1) is 7.11 Å². The number of halogens is 1. The lowest BCUT2D eigenvalue weighted by molar-refractivity contribution is -0.153. The predicted molar refractivity (Wildman–Crippen MR) is 100 cm³/mol. The van der Waals surface area contributed by atoms with Gasteiger partial charge in [-0.2, -0.15) is 0 Å². The average molecular weight is 432 g/mol. The number of rotatable bonds is 9. The number of anilines is 1. The van der Waals surface area contributed by atoms with Crippen LogP contribution in [0.1, 0.15) is 19.0 Å². The maximum atomic E-state index is 12.6. The summed E-state index contributed by atoms with van der Waals surface area (Å²) >= 11 is 6.49. The molecule has 3 N–H and O–H groups in total. The van der Waals surface area contributed by atoms with Crippen molar-refractivity contribution in [2.75, 3.05) is 24.9 Å². The number of carbonyl (C=O) groups is 4. The zero-order chi connectivity index (χ0) is 20.7. The fourth-order valence-electron chi connectivity index (χ4n) is 2.06. The van der Waals surface area contributed by atoms with Crippen LogP contribution in [-0.2, 0) is 28.8 Å². The Hall–Kier alpha value is -2.73. The highest BCUT2D eigenvalue weighted by Gasteiger charge is 2.46. The second-order valence-electron chi connectivity index (χ2n) is 5.45. The van der Waals surface area contributed by atoms with Crippen LogP contribution in [0.25, 0.3) is 0 Å². The van der Waals surface area contributed by atoms with Crippen molar-refractivity contribution >= 4 is 57.5 Å². The van der Waals surface area contributed by atoms with Gasteiger partial charge in [-0.1, -0.05) is 12.1 Å². The number of methoxy groups -OCH3 is 1. The van der Waals surface area contributed by atoms with Crippen molar-refractivity contribution in [2.45, 2.75) is 25.4 Å². The zero-order valence-corrected chi connectivity index (χ0v) is 16.6. The van der Waals surface area contributed by atoms with Gasteiger partial charge in [0.2, 0.25) is 11.8 Å². The average Bonchev–Trinajstić information content (AvgIpc) is 3.14. The number of thiazole rings is 1. The Kier molecular flexibility index (Phi) is 7.70. The highest BCUT2D eigenvalue weighted by atomic mass is 35.5. The van der Waals surface area contributed by atoms with Crippen molar-refractivity contribution in [3.63, 3.8) is 0 Å². The van der Waals surface area contributed by atoms with Gasteiger partial charge < -0.3 is 25.5 Å². The number of carbonyl (C=O) groups excluding carboxylic acids is 4. The maximum Gasteiger partial charge on any atom is 0.331 e. The molecule has 28 heavy (non-hydrogen) atoms. The van der Waals surface area contributed by atoms with Crippen LogP contribution >= 0.6 is 22.9 Å². The number of ether oxygens (including phenoxy) is 1. The summed E-state index contributed by atoms with van der Waals surface area (Å²) in [7, 11) is 1.17. The Balaban J connectivity index is 2.17. The van der Waals surface area contributed by atoms with Crippen LogP contribution in [-0.4, -0.2) is 66.1 Å². The summed E-state index contributed by atoms with van der Waals surface area (Å²) in [6.45, 7) is 2.11. The van der Waals surface area contributed by atoms with E-state index in [1.165, 1.54) is 12.5 Å². The summed E-state index contributed by atoms with van der Waals surface area (Å²) < 4.78 is 4.57. The van der Waals surface area contributed by atoms with Crippen LogP contribution in [0.4, 0.5) is 5.13 Å². The number of aromatic nitrogens is 1. The van der Waals surface area contributed by atoms with Crippen LogP contribution < -0.4 is 16.0 Å². The van der Waals surface area contributed by atoms with Crippen molar-refractivity contribution in [1.82, 2.24) is 15.6 Å². The van der Waals surface area contributed by atoms with Crippen molar-refractivity contribution in [2.24, 2.45) is 5.16 Å². The molecule has 0 saturated carbocycles. The Morgan fingerprint density at radius 2 is 2.18 bits per heavy atom. The molecule has 0 spiro atoms. The van der Waals surface area contributed by atoms with Crippen molar-refractivity contribution in [1.29, 1.82) is 0 Å². The number of alkyl halides is 1. The molecule has 2 heterocycles. The normalized spacial score (nSPS) is 18.5. The third-order valence-corrected chi connectivity index (χ3v) is 4.44. The SMILES string of the molecule is CCCON=C(C(=O)N[C@@H]1C(=O)N[C@@H]1C(=O)OC)c1csc(NC(=O)CCl)n1. The first-order valence-electron chi connectivity index (χ1n) is 8.12. The second-order valence-corrected chi connectivity index (χ2v) is 6.58. The molecule has 0 radical (unpaired) electrons. The van der Waals surface area contributed by atoms with E-state index in [1.54, 1.807) is 0 Å². The van der Waals surface area contributed by atoms with E-state index in [1.807, 2.05) is 6.92 Å². The van der Waals surface area contributed by atoms with Gasteiger partial charge in [-0.25, -0.2) is 9.78 Å². The maximum absolute atomic E-state index is 12.6. The van der Waals surface area contributed by atoms with Gasteiger partial charge in [0.15, 0.2) is 16.9 Å². The summed E-state index contributed by atoms with van der Waals surface area (Å²) in [5.41, 5.74) is -0.0859. The van der Waals surface area contributed by atoms with Gasteiger partial charge in [-0.15, -0.1) is 22.9 Å². The fourth-order valence-corrected chi connectivity index (χ4v) is 2.84. The van der Waals surface area contributed by atoms with Crippen molar-refractivity contribution in [3.05, 3.63) is 11.1 Å². The lowest BCUT2D eigenvalue weighted by Gasteiger charge is -2.34. The molecule has 0 bridgehead atoms. The summed E-state index contributed by atoms with van der Waals surface area (Å²) in [6, 6.07) is -2.10. The molecule has 1 aliphatic heterocycles.